The molecule has 0 aliphatic heterocycles. The Hall–Kier alpha value is -3.42. The van der Waals surface area contributed by atoms with E-state index in [9.17, 15) is 19.7 Å². The van der Waals surface area contributed by atoms with E-state index in [0.29, 0.717) is 12.1 Å². The van der Waals surface area contributed by atoms with E-state index in [1.807, 2.05) is 39.0 Å². The number of carbonyl (C=O) groups is 1. The molecule has 1 amide bonds. The predicted octanol–water partition coefficient (Wildman–Crippen LogP) is 3.17. The summed E-state index contributed by atoms with van der Waals surface area (Å²) in [5, 5.41) is 10.9. The van der Waals surface area contributed by atoms with Crippen LogP contribution in [0.4, 0.5) is 11.4 Å². The van der Waals surface area contributed by atoms with Crippen molar-refractivity contribution < 1.29 is 14.1 Å². The Labute approximate surface area is 154 Å². The Morgan fingerprint density at radius 1 is 1.22 bits per heavy atom. The van der Waals surface area contributed by atoms with Gasteiger partial charge in [-0.2, -0.15) is 0 Å². The Morgan fingerprint density at radius 2 is 1.96 bits per heavy atom. The zero-order valence-electron chi connectivity index (χ0n) is 15.3. The van der Waals surface area contributed by atoms with E-state index >= 15 is 0 Å². The number of oxazole rings is 1. The van der Waals surface area contributed by atoms with Gasteiger partial charge < -0.3 is 9.32 Å². The van der Waals surface area contributed by atoms with Gasteiger partial charge in [0.25, 0.3) is 5.69 Å². The topological polar surface area (TPSA) is 98.6 Å². The third kappa shape index (κ3) is 3.46. The number of benzene rings is 2. The molecular weight excluding hydrogens is 350 g/mol. The number of fused-ring (bicyclic) bond motifs is 1. The van der Waals surface area contributed by atoms with Crippen molar-refractivity contribution in [1.82, 2.24) is 4.57 Å². The van der Waals surface area contributed by atoms with Crippen molar-refractivity contribution in [2.75, 3.05) is 11.4 Å². The first kappa shape index (κ1) is 18.4. The van der Waals surface area contributed by atoms with E-state index < -0.39 is 10.7 Å². The standard InChI is InChI=1S/C19H19N3O5/c1-4-20(16-9-12(2)5-6-13(16)3)18(23)11-21-15-8-7-14(22(25)26)10-17(15)27-19(21)24/h5-10H,4,11H2,1-3H3. The van der Waals surface area contributed by atoms with Crippen LogP contribution in [0.25, 0.3) is 11.1 Å². The predicted molar refractivity (Wildman–Crippen MR) is 101 cm³/mol. The van der Waals surface area contributed by atoms with Gasteiger partial charge in [0, 0.05) is 18.3 Å². The molecule has 0 saturated carbocycles. The van der Waals surface area contributed by atoms with Crippen molar-refractivity contribution in [1.29, 1.82) is 0 Å². The monoisotopic (exact) mass is 369 g/mol. The quantitative estimate of drug-likeness (QED) is 0.508. The van der Waals surface area contributed by atoms with Gasteiger partial charge in [0.2, 0.25) is 5.91 Å². The number of likely N-dealkylation sites (N-methyl/N-ethyl adjacent to an activating group) is 1. The highest BCUT2D eigenvalue weighted by Crippen LogP contribution is 2.23. The maximum absolute atomic E-state index is 12.9. The van der Waals surface area contributed by atoms with Crippen molar-refractivity contribution in [3.63, 3.8) is 0 Å². The van der Waals surface area contributed by atoms with Gasteiger partial charge in [-0.3, -0.25) is 19.5 Å². The molecule has 0 bridgehead atoms. The van der Waals surface area contributed by atoms with Gasteiger partial charge in [-0.15, -0.1) is 0 Å². The van der Waals surface area contributed by atoms with Gasteiger partial charge in [0.1, 0.15) is 6.54 Å². The number of hydrogen-bond donors (Lipinski definition) is 0. The van der Waals surface area contributed by atoms with E-state index in [1.165, 1.54) is 22.8 Å². The number of aryl methyl sites for hydroxylation is 2. The Morgan fingerprint density at radius 3 is 2.63 bits per heavy atom. The molecule has 0 unspecified atom stereocenters. The molecule has 0 atom stereocenters. The fraction of sp³-hybridized carbons (Fsp3) is 0.263. The summed E-state index contributed by atoms with van der Waals surface area (Å²) in [6, 6.07) is 9.72. The van der Waals surface area contributed by atoms with Crippen molar-refractivity contribution in [2.24, 2.45) is 0 Å². The Kier molecular flexibility index (Phi) is 4.81. The summed E-state index contributed by atoms with van der Waals surface area (Å²) in [7, 11) is 0. The van der Waals surface area contributed by atoms with Gasteiger partial charge in [-0.1, -0.05) is 12.1 Å². The number of nitro groups is 1. The molecule has 0 N–H and O–H groups in total. The van der Waals surface area contributed by atoms with E-state index in [-0.39, 0.29) is 23.7 Å². The van der Waals surface area contributed by atoms with Gasteiger partial charge in [-0.05, 0) is 44.0 Å². The summed E-state index contributed by atoms with van der Waals surface area (Å²) in [6.45, 7) is 5.95. The highest BCUT2D eigenvalue weighted by molar-refractivity contribution is 5.94. The number of anilines is 1. The summed E-state index contributed by atoms with van der Waals surface area (Å²) in [6.07, 6.45) is 0. The number of hydrogen-bond acceptors (Lipinski definition) is 5. The maximum atomic E-state index is 12.9. The molecule has 0 fully saturated rings. The average molecular weight is 369 g/mol. The van der Waals surface area contributed by atoms with Crippen LogP contribution in [0.2, 0.25) is 0 Å². The van der Waals surface area contributed by atoms with Crippen LogP contribution in [0.1, 0.15) is 18.1 Å². The average Bonchev–Trinajstić information content (AvgIpc) is 2.93. The van der Waals surface area contributed by atoms with Crippen LogP contribution < -0.4 is 10.7 Å². The minimum Gasteiger partial charge on any atom is -0.407 e. The van der Waals surface area contributed by atoms with Crippen LogP contribution in [0.15, 0.2) is 45.6 Å². The van der Waals surface area contributed by atoms with Crippen molar-refractivity contribution >= 4 is 28.4 Å². The number of carbonyl (C=O) groups excluding carboxylic acids is 1. The third-order valence-electron chi connectivity index (χ3n) is 4.43. The van der Waals surface area contributed by atoms with Crippen LogP contribution in [0.5, 0.6) is 0 Å². The zero-order valence-corrected chi connectivity index (χ0v) is 15.3. The number of non-ortho nitro benzene ring substituents is 1. The normalized spacial score (nSPS) is 10.9. The first-order valence-electron chi connectivity index (χ1n) is 8.47. The molecule has 3 aromatic rings. The van der Waals surface area contributed by atoms with Crippen LogP contribution >= 0.6 is 0 Å². The van der Waals surface area contributed by atoms with Crippen LogP contribution in [0, 0.1) is 24.0 Å². The number of aromatic nitrogens is 1. The molecule has 8 nitrogen and oxygen atoms in total. The van der Waals surface area contributed by atoms with E-state index in [1.54, 1.807) is 4.90 Å². The molecule has 0 aliphatic carbocycles. The zero-order chi connectivity index (χ0) is 19.7. The summed E-state index contributed by atoms with van der Waals surface area (Å²) in [4.78, 5) is 37.0. The summed E-state index contributed by atoms with van der Waals surface area (Å²) in [5.41, 5.74) is 3.02. The summed E-state index contributed by atoms with van der Waals surface area (Å²) >= 11 is 0. The van der Waals surface area contributed by atoms with Gasteiger partial charge in [0.05, 0.1) is 16.5 Å². The van der Waals surface area contributed by atoms with Crippen LogP contribution in [0.3, 0.4) is 0 Å². The number of rotatable bonds is 5. The minimum atomic E-state index is -0.726. The molecule has 1 aromatic heterocycles. The van der Waals surface area contributed by atoms with Crippen molar-refractivity contribution in [3.8, 4) is 0 Å². The first-order chi connectivity index (χ1) is 12.8. The Bertz CT molecular complexity index is 1100. The van der Waals surface area contributed by atoms with E-state index in [0.717, 1.165) is 16.8 Å². The van der Waals surface area contributed by atoms with Crippen molar-refractivity contribution in [3.05, 3.63) is 68.2 Å². The Balaban J connectivity index is 1.97. The molecule has 0 spiro atoms. The van der Waals surface area contributed by atoms with Gasteiger partial charge >= 0.3 is 5.76 Å². The SMILES string of the molecule is CCN(C(=O)Cn1c(=O)oc2cc([N+](=O)[O-])ccc21)c1cc(C)ccc1C. The molecule has 3 rings (SSSR count). The molecule has 1 heterocycles. The third-order valence-corrected chi connectivity index (χ3v) is 4.43. The minimum absolute atomic E-state index is 0.0804. The second-order valence-corrected chi connectivity index (χ2v) is 6.29. The second kappa shape index (κ2) is 7.06. The fourth-order valence-electron chi connectivity index (χ4n) is 3.03. The van der Waals surface area contributed by atoms with Gasteiger partial charge in [-0.25, -0.2) is 4.79 Å². The molecule has 0 saturated heterocycles. The summed E-state index contributed by atoms with van der Waals surface area (Å²) in [5.74, 6) is -0.995. The highest BCUT2D eigenvalue weighted by Gasteiger charge is 2.20. The second-order valence-electron chi connectivity index (χ2n) is 6.29. The maximum Gasteiger partial charge on any atom is 0.420 e. The lowest BCUT2D eigenvalue weighted by Crippen LogP contribution is -2.36. The smallest absolute Gasteiger partial charge is 0.407 e. The lowest BCUT2D eigenvalue weighted by Gasteiger charge is -2.23. The largest absolute Gasteiger partial charge is 0.420 e. The first-order valence-corrected chi connectivity index (χ1v) is 8.47. The molecule has 2 aromatic carbocycles. The number of nitro benzene ring substituents is 1. The molecule has 8 heteroatoms. The lowest BCUT2D eigenvalue weighted by atomic mass is 10.1. The fourth-order valence-corrected chi connectivity index (χ4v) is 3.03. The van der Waals surface area contributed by atoms with Gasteiger partial charge in [0.15, 0.2) is 5.58 Å². The summed E-state index contributed by atoms with van der Waals surface area (Å²) < 4.78 is 6.27. The van der Waals surface area contributed by atoms with Crippen molar-refractivity contribution in [2.45, 2.75) is 27.3 Å². The van der Waals surface area contributed by atoms with Crippen LogP contribution in [-0.4, -0.2) is 21.9 Å². The lowest BCUT2D eigenvalue weighted by molar-refractivity contribution is -0.384. The molecule has 27 heavy (non-hydrogen) atoms. The molecule has 0 radical (unpaired) electrons. The molecule has 0 aliphatic rings. The molecule has 140 valence electrons. The van der Waals surface area contributed by atoms with Crippen LogP contribution in [-0.2, 0) is 11.3 Å². The van der Waals surface area contributed by atoms with E-state index in [4.69, 9.17) is 4.42 Å². The molecular formula is C19H19N3O5. The number of amides is 1. The van der Waals surface area contributed by atoms with E-state index in [2.05, 4.69) is 0 Å². The number of nitrogens with zero attached hydrogens (tertiary/aromatic N) is 3. The highest BCUT2D eigenvalue weighted by atomic mass is 16.6.